The topological polar surface area (TPSA) is 202 Å². The van der Waals surface area contributed by atoms with Gasteiger partial charge < -0.3 is 34.2 Å². The summed E-state index contributed by atoms with van der Waals surface area (Å²) in [5, 5.41) is 20.6. The second-order valence-corrected chi connectivity index (χ2v) is 10.5. The molecule has 1 aliphatic heterocycles. The maximum atomic E-state index is 11.8. The van der Waals surface area contributed by atoms with Crippen molar-refractivity contribution in [1.82, 2.24) is 23.9 Å². The minimum absolute atomic E-state index is 0.329. The van der Waals surface area contributed by atoms with E-state index < -0.39 is 52.2 Å². The molecule has 0 amide bonds. The summed E-state index contributed by atoms with van der Waals surface area (Å²) in [5.41, 5.74) is 1.29. The van der Waals surface area contributed by atoms with E-state index in [0.717, 1.165) is 0 Å². The number of aromatic nitrogens is 5. The van der Waals surface area contributed by atoms with E-state index in [0.29, 0.717) is 16.8 Å². The van der Waals surface area contributed by atoms with Crippen molar-refractivity contribution >= 4 is 32.0 Å². The summed E-state index contributed by atoms with van der Waals surface area (Å²) in [5.74, 6) is -1.37. The molecule has 158 valence electrons. The van der Waals surface area contributed by atoms with Crippen LogP contribution in [0, 0.1) is 0 Å². The maximum Gasteiger partial charge on any atom is 0.340 e. The highest BCUT2D eigenvalue weighted by molar-refractivity contribution is 7.70. The third-order valence-corrected chi connectivity index (χ3v) is 7.82. The van der Waals surface area contributed by atoms with Crippen molar-refractivity contribution in [1.29, 1.82) is 0 Å². The van der Waals surface area contributed by atoms with Gasteiger partial charge in [0.1, 0.15) is 24.6 Å². The molecular formula is C13H17N5O9P2. The lowest BCUT2D eigenvalue weighted by Crippen LogP contribution is -2.33. The third-order valence-electron chi connectivity index (χ3n) is 4.37. The number of fused-ring (bicyclic) bond motifs is 3. The monoisotopic (exact) mass is 449 g/mol. The third kappa shape index (κ3) is 3.99. The summed E-state index contributed by atoms with van der Waals surface area (Å²) in [6.07, 6.45) is 0.781. The molecule has 0 bridgehead atoms. The predicted molar refractivity (Wildman–Crippen MR) is 94.9 cm³/mol. The lowest BCUT2D eigenvalue weighted by molar-refractivity contribution is -0.0483. The van der Waals surface area contributed by atoms with Gasteiger partial charge in [-0.05, 0) is 0 Å². The molecule has 5 N–H and O–H groups in total. The Labute approximate surface area is 162 Å². The van der Waals surface area contributed by atoms with E-state index >= 15 is 0 Å². The number of imidazole rings is 2. The summed E-state index contributed by atoms with van der Waals surface area (Å²) < 4.78 is 35.9. The van der Waals surface area contributed by atoms with E-state index in [1.54, 1.807) is 16.8 Å². The SMILES string of the molecule is O=P(O)(O)CP(=O)(O)OC[C@H]1O[C@@H](n2cnc3c2ncn2ccnc32)[C@H](O)[C@@H]1O. The fourth-order valence-electron chi connectivity index (χ4n) is 3.09. The second kappa shape index (κ2) is 7.20. The van der Waals surface area contributed by atoms with Crippen LogP contribution in [0.25, 0.3) is 16.8 Å². The molecule has 3 aromatic heterocycles. The molecule has 0 aliphatic carbocycles. The zero-order chi connectivity index (χ0) is 21.0. The quantitative estimate of drug-likeness (QED) is 0.289. The van der Waals surface area contributed by atoms with E-state index in [2.05, 4.69) is 19.5 Å². The predicted octanol–water partition coefficient (Wildman–Crippen LogP) is -0.965. The first kappa shape index (κ1) is 20.5. The second-order valence-electron chi connectivity index (χ2n) is 6.51. The lowest BCUT2D eigenvalue weighted by Gasteiger charge is -2.18. The largest absolute Gasteiger partial charge is 0.387 e. The lowest BCUT2D eigenvalue weighted by atomic mass is 10.1. The molecule has 1 unspecified atom stereocenters. The van der Waals surface area contributed by atoms with Crippen LogP contribution in [-0.2, 0) is 18.4 Å². The Morgan fingerprint density at radius 1 is 1.07 bits per heavy atom. The van der Waals surface area contributed by atoms with E-state index in [-0.39, 0.29) is 0 Å². The minimum Gasteiger partial charge on any atom is -0.387 e. The van der Waals surface area contributed by atoms with Crippen LogP contribution in [0.15, 0.2) is 25.0 Å². The van der Waals surface area contributed by atoms with Crippen LogP contribution in [0.4, 0.5) is 0 Å². The zero-order valence-corrected chi connectivity index (χ0v) is 16.3. The van der Waals surface area contributed by atoms with Crippen molar-refractivity contribution in [3.8, 4) is 0 Å². The van der Waals surface area contributed by atoms with Crippen LogP contribution < -0.4 is 0 Å². The van der Waals surface area contributed by atoms with Gasteiger partial charge in [0.15, 0.2) is 28.9 Å². The fraction of sp³-hybridized carbons (Fsp3) is 0.462. The van der Waals surface area contributed by atoms with Crippen LogP contribution in [-0.4, -0.2) is 79.6 Å². The first-order chi connectivity index (χ1) is 13.6. The number of hydrogen-bond donors (Lipinski definition) is 5. The normalized spacial score (nSPS) is 27.6. The van der Waals surface area contributed by atoms with Crippen LogP contribution >= 0.6 is 15.2 Å². The average Bonchev–Trinajstić information content (AvgIpc) is 3.29. The van der Waals surface area contributed by atoms with Gasteiger partial charge in [0.05, 0.1) is 12.9 Å². The average molecular weight is 449 g/mol. The molecule has 4 heterocycles. The Morgan fingerprint density at radius 2 is 1.83 bits per heavy atom. The van der Waals surface area contributed by atoms with Crippen molar-refractivity contribution < 1.29 is 43.3 Å². The number of hydrogen-bond acceptors (Lipinski definition) is 9. The molecule has 4 rings (SSSR count). The Morgan fingerprint density at radius 3 is 2.55 bits per heavy atom. The molecule has 16 heteroatoms. The molecule has 1 saturated heterocycles. The maximum absolute atomic E-state index is 11.8. The first-order valence-corrected chi connectivity index (χ1v) is 11.8. The molecule has 0 spiro atoms. The highest BCUT2D eigenvalue weighted by Gasteiger charge is 2.45. The van der Waals surface area contributed by atoms with Crippen molar-refractivity contribution in [2.45, 2.75) is 24.5 Å². The van der Waals surface area contributed by atoms with Gasteiger partial charge in [-0.3, -0.25) is 18.1 Å². The van der Waals surface area contributed by atoms with Crippen LogP contribution in [0.2, 0.25) is 0 Å². The molecule has 3 aromatic rings. The van der Waals surface area contributed by atoms with E-state index in [9.17, 15) is 24.2 Å². The summed E-state index contributed by atoms with van der Waals surface area (Å²) in [7, 11) is -9.42. The molecular weight excluding hydrogens is 432 g/mol. The highest BCUT2D eigenvalue weighted by atomic mass is 31.2. The molecule has 5 atom stereocenters. The number of aliphatic hydroxyl groups is 2. The molecule has 0 radical (unpaired) electrons. The van der Waals surface area contributed by atoms with Gasteiger partial charge in [-0.2, -0.15) is 0 Å². The first-order valence-electron chi connectivity index (χ1n) is 8.22. The van der Waals surface area contributed by atoms with Gasteiger partial charge in [0, 0.05) is 12.4 Å². The number of aliphatic hydroxyl groups excluding tert-OH is 2. The van der Waals surface area contributed by atoms with Gasteiger partial charge >= 0.3 is 15.2 Å². The molecule has 14 nitrogen and oxygen atoms in total. The fourth-order valence-corrected chi connectivity index (χ4v) is 5.66. The van der Waals surface area contributed by atoms with Gasteiger partial charge in [-0.15, -0.1) is 0 Å². The van der Waals surface area contributed by atoms with Gasteiger partial charge in [-0.25, -0.2) is 15.0 Å². The summed E-state index contributed by atoms with van der Waals surface area (Å²) in [4.78, 5) is 39.8. The summed E-state index contributed by atoms with van der Waals surface area (Å²) >= 11 is 0. The standard InChI is InChI=1S/C13H17N5O9P2/c19-9-7(3-26-29(24,25)6-28(21,22)23)27-13(10(9)20)18-5-15-8-11-14-1-2-17(11)4-16-12(8)18/h1-2,4-5,7,9-10,13,19-20H,3,6H2,(H,24,25)(H2,21,22,23)/t7-,9-,10-,13-/m1/s1. The minimum atomic E-state index is -4.79. The van der Waals surface area contributed by atoms with E-state index in [1.165, 1.54) is 17.2 Å². The Bertz CT molecular complexity index is 1140. The molecule has 1 fully saturated rings. The Kier molecular flexibility index (Phi) is 5.10. The highest BCUT2D eigenvalue weighted by Crippen LogP contribution is 2.55. The van der Waals surface area contributed by atoms with E-state index in [4.69, 9.17) is 14.5 Å². The molecule has 1 aliphatic rings. The summed E-state index contributed by atoms with van der Waals surface area (Å²) in [6.45, 7) is -0.674. The van der Waals surface area contributed by atoms with Gasteiger partial charge in [-0.1, -0.05) is 0 Å². The van der Waals surface area contributed by atoms with Crippen molar-refractivity contribution in [2.75, 3.05) is 12.5 Å². The number of ether oxygens (including phenoxy) is 1. The molecule has 0 aromatic carbocycles. The van der Waals surface area contributed by atoms with Crippen molar-refractivity contribution in [3.05, 3.63) is 25.0 Å². The summed E-state index contributed by atoms with van der Waals surface area (Å²) in [6, 6.07) is 0. The van der Waals surface area contributed by atoms with Crippen LogP contribution in [0.5, 0.6) is 0 Å². The van der Waals surface area contributed by atoms with Crippen molar-refractivity contribution in [2.24, 2.45) is 0 Å². The van der Waals surface area contributed by atoms with E-state index in [1.807, 2.05) is 0 Å². The van der Waals surface area contributed by atoms with Gasteiger partial charge in [0.25, 0.3) is 0 Å². The van der Waals surface area contributed by atoms with Crippen molar-refractivity contribution in [3.63, 3.8) is 0 Å². The Hall–Kier alpha value is -1.73. The molecule has 29 heavy (non-hydrogen) atoms. The number of rotatable bonds is 6. The number of nitrogens with zero attached hydrogens (tertiary/aromatic N) is 5. The zero-order valence-electron chi connectivity index (χ0n) is 14.5. The Balaban J connectivity index is 1.54. The van der Waals surface area contributed by atoms with Crippen LogP contribution in [0.1, 0.15) is 6.23 Å². The van der Waals surface area contributed by atoms with Gasteiger partial charge in [0.2, 0.25) is 0 Å². The van der Waals surface area contributed by atoms with Crippen LogP contribution in [0.3, 0.4) is 0 Å². The molecule has 0 saturated carbocycles. The smallest absolute Gasteiger partial charge is 0.340 e.